The topological polar surface area (TPSA) is 60.2 Å². The maximum atomic E-state index is 13.7. The first-order valence-corrected chi connectivity index (χ1v) is 8.35. The summed E-state index contributed by atoms with van der Waals surface area (Å²) in [6.07, 6.45) is 0.787. The molecule has 3 nitrogen and oxygen atoms in total. The van der Waals surface area contributed by atoms with Gasteiger partial charge in [0.2, 0.25) is 0 Å². The second-order valence-electron chi connectivity index (χ2n) is 4.29. The zero-order chi connectivity index (χ0) is 14.9. The van der Waals surface area contributed by atoms with Crippen molar-refractivity contribution in [2.24, 2.45) is 0 Å². The number of hydrogen-bond acceptors (Lipinski definition) is 4. The highest BCUT2D eigenvalue weighted by atomic mass is 32.2. The first-order chi connectivity index (χ1) is 9.33. The Labute approximate surface area is 120 Å². The fourth-order valence-electron chi connectivity index (χ4n) is 1.83. The summed E-state index contributed by atoms with van der Waals surface area (Å²) in [6, 6.07) is 5.09. The van der Waals surface area contributed by atoms with Crippen LogP contribution in [-0.2, 0) is 22.0 Å². The monoisotopic (exact) mass is 317 g/mol. The molecule has 0 spiro atoms. The van der Waals surface area contributed by atoms with E-state index in [4.69, 9.17) is 5.73 Å². The van der Waals surface area contributed by atoms with Crippen LogP contribution in [0.2, 0.25) is 0 Å². The molecule has 2 aromatic rings. The lowest BCUT2D eigenvalue weighted by molar-refractivity contribution is 0.520. The first-order valence-electron chi connectivity index (χ1n) is 5.88. The molecule has 1 heterocycles. The van der Waals surface area contributed by atoms with Crippen molar-refractivity contribution in [3.8, 4) is 0 Å². The number of aryl methyl sites for hydroxylation is 1. The average Bonchev–Trinajstić information content (AvgIpc) is 2.73. The maximum absolute atomic E-state index is 13.7. The molecule has 0 radical (unpaired) electrons. The quantitative estimate of drug-likeness (QED) is 0.881. The average molecular weight is 317 g/mol. The summed E-state index contributed by atoms with van der Waals surface area (Å²) >= 11 is 1.32. The van der Waals surface area contributed by atoms with E-state index in [-0.39, 0.29) is 5.69 Å². The van der Waals surface area contributed by atoms with Crippen molar-refractivity contribution in [1.82, 2.24) is 0 Å². The minimum Gasteiger partial charge on any atom is -0.399 e. The van der Waals surface area contributed by atoms with Crippen molar-refractivity contribution in [2.45, 2.75) is 24.0 Å². The molecule has 0 atom stereocenters. The van der Waals surface area contributed by atoms with Gasteiger partial charge in [0.1, 0.15) is 16.5 Å². The van der Waals surface area contributed by atoms with Crippen LogP contribution in [0.3, 0.4) is 0 Å². The molecular weight excluding hydrogens is 304 g/mol. The van der Waals surface area contributed by atoms with Gasteiger partial charge in [-0.2, -0.15) is 0 Å². The molecule has 20 heavy (non-hydrogen) atoms. The van der Waals surface area contributed by atoms with Gasteiger partial charge in [0.25, 0.3) is 0 Å². The lowest BCUT2D eigenvalue weighted by Crippen LogP contribution is -2.10. The molecule has 7 heteroatoms. The van der Waals surface area contributed by atoms with Gasteiger partial charge in [-0.15, -0.1) is 11.3 Å². The van der Waals surface area contributed by atoms with E-state index in [1.807, 2.05) is 13.0 Å². The van der Waals surface area contributed by atoms with E-state index in [1.165, 1.54) is 11.3 Å². The Hall–Kier alpha value is -1.47. The van der Waals surface area contributed by atoms with Crippen molar-refractivity contribution in [3.63, 3.8) is 0 Å². The number of nitrogen functional groups attached to an aromatic ring is 1. The molecule has 0 saturated heterocycles. The fourth-order valence-corrected chi connectivity index (χ4v) is 4.61. The Morgan fingerprint density at radius 2 is 1.70 bits per heavy atom. The van der Waals surface area contributed by atoms with Crippen molar-refractivity contribution >= 4 is 26.9 Å². The molecule has 0 aliphatic rings. The summed E-state index contributed by atoms with van der Waals surface area (Å²) in [4.78, 5) is 0.657. The van der Waals surface area contributed by atoms with Crippen molar-refractivity contribution in [1.29, 1.82) is 0 Å². The van der Waals surface area contributed by atoms with E-state index in [2.05, 4.69) is 0 Å². The Balaban J connectivity index is 2.40. The maximum Gasteiger partial charge on any atom is 0.189 e. The zero-order valence-electron chi connectivity index (χ0n) is 10.7. The van der Waals surface area contributed by atoms with Crippen LogP contribution in [0.15, 0.2) is 29.2 Å². The fraction of sp³-hybridized carbons (Fsp3) is 0.231. The third-order valence-electron chi connectivity index (χ3n) is 2.73. The van der Waals surface area contributed by atoms with E-state index < -0.39 is 32.1 Å². The summed E-state index contributed by atoms with van der Waals surface area (Å²) in [5, 5.41) is 0. The molecule has 1 aromatic carbocycles. The van der Waals surface area contributed by atoms with Crippen LogP contribution in [0.5, 0.6) is 0 Å². The van der Waals surface area contributed by atoms with Crippen molar-refractivity contribution in [3.05, 3.63) is 45.7 Å². The Morgan fingerprint density at radius 1 is 1.15 bits per heavy atom. The highest BCUT2D eigenvalue weighted by molar-refractivity contribution is 7.90. The van der Waals surface area contributed by atoms with Gasteiger partial charge in [0, 0.05) is 15.4 Å². The van der Waals surface area contributed by atoms with Gasteiger partial charge < -0.3 is 5.73 Å². The summed E-state index contributed by atoms with van der Waals surface area (Å²) in [7, 11) is -4.08. The third kappa shape index (κ3) is 2.99. The predicted molar refractivity (Wildman–Crippen MR) is 75.4 cm³/mol. The third-order valence-corrected chi connectivity index (χ3v) is 5.85. The largest absolute Gasteiger partial charge is 0.399 e. The number of anilines is 1. The second kappa shape index (κ2) is 5.49. The van der Waals surface area contributed by atoms with Gasteiger partial charge in [-0.1, -0.05) is 6.92 Å². The molecule has 0 unspecified atom stereocenters. The number of thiophene rings is 1. The summed E-state index contributed by atoms with van der Waals surface area (Å²) in [6.45, 7) is 1.95. The van der Waals surface area contributed by atoms with Crippen molar-refractivity contribution in [2.75, 3.05) is 5.73 Å². The molecule has 0 saturated carbocycles. The molecule has 2 N–H and O–H groups in total. The van der Waals surface area contributed by atoms with Crippen LogP contribution in [0.25, 0.3) is 0 Å². The lowest BCUT2D eigenvalue weighted by Gasteiger charge is -2.07. The molecule has 0 amide bonds. The van der Waals surface area contributed by atoms with E-state index in [1.54, 1.807) is 6.07 Å². The number of sulfone groups is 1. The molecular formula is C13H13F2NO2S2. The zero-order valence-corrected chi connectivity index (χ0v) is 12.3. The van der Waals surface area contributed by atoms with Gasteiger partial charge in [-0.25, -0.2) is 17.2 Å². The molecule has 108 valence electrons. The van der Waals surface area contributed by atoms with E-state index >= 15 is 0 Å². The van der Waals surface area contributed by atoms with Gasteiger partial charge >= 0.3 is 0 Å². The van der Waals surface area contributed by atoms with Crippen LogP contribution in [0.1, 0.15) is 16.7 Å². The Kier molecular flexibility index (Phi) is 4.10. The minimum atomic E-state index is -4.08. The number of halogens is 2. The minimum absolute atomic E-state index is 0.150. The molecule has 0 bridgehead atoms. The van der Waals surface area contributed by atoms with Gasteiger partial charge in [-0.05, 0) is 30.7 Å². The van der Waals surface area contributed by atoms with E-state index in [0.29, 0.717) is 4.88 Å². The normalized spacial score (nSPS) is 11.8. The summed E-state index contributed by atoms with van der Waals surface area (Å²) < 4.78 is 51.6. The van der Waals surface area contributed by atoms with Crippen molar-refractivity contribution < 1.29 is 17.2 Å². The second-order valence-corrected chi connectivity index (χ2v) is 7.47. The smallest absolute Gasteiger partial charge is 0.189 e. The van der Waals surface area contributed by atoms with E-state index in [0.717, 1.165) is 23.4 Å². The molecule has 1 aromatic heterocycles. The molecule has 0 fully saturated rings. The highest BCUT2D eigenvalue weighted by Crippen LogP contribution is 2.27. The molecule has 2 rings (SSSR count). The summed E-state index contributed by atoms with van der Waals surface area (Å²) in [5.41, 5.74) is 5.12. The number of rotatable bonds is 4. The Morgan fingerprint density at radius 3 is 2.20 bits per heavy atom. The van der Waals surface area contributed by atoms with Gasteiger partial charge in [0.05, 0.1) is 5.75 Å². The molecule has 0 aliphatic carbocycles. The predicted octanol–water partition coefficient (Wildman–Crippen LogP) is 3.14. The van der Waals surface area contributed by atoms with Gasteiger partial charge in [0.15, 0.2) is 9.84 Å². The number of benzene rings is 1. The first kappa shape index (κ1) is 14.9. The highest BCUT2D eigenvalue weighted by Gasteiger charge is 2.25. The Bertz CT molecular complexity index is 716. The van der Waals surface area contributed by atoms with E-state index in [9.17, 15) is 17.2 Å². The molecule has 0 aliphatic heterocycles. The SMILES string of the molecule is CCc1ccc(CS(=O)(=O)c2c(F)cc(N)cc2F)s1. The van der Waals surface area contributed by atoms with Crippen LogP contribution < -0.4 is 5.73 Å². The van der Waals surface area contributed by atoms with Gasteiger partial charge in [-0.3, -0.25) is 0 Å². The standard InChI is InChI=1S/C13H13F2NO2S2/c1-2-9-3-4-10(19-9)7-20(17,18)13-11(14)5-8(16)6-12(13)15/h3-6H,2,7,16H2,1H3. The summed E-state index contributed by atoms with van der Waals surface area (Å²) in [5.74, 6) is -2.74. The van der Waals surface area contributed by atoms with Crippen LogP contribution in [0, 0.1) is 11.6 Å². The van der Waals surface area contributed by atoms with Crippen LogP contribution in [0.4, 0.5) is 14.5 Å². The van der Waals surface area contributed by atoms with Crippen LogP contribution in [-0.4, -0.2) is 8.42 Å². The number of hydrogen-bond donors (Lipinski definition) is 1. The lowest BCUT2D eigenvalue weighted by atomic mass is 10.3. The van der Waals surface area contributed by atoms with Crippen LogP contribution >= 0.6 is 11.3 Å². The number of nitrogens with two attached hydrogens (primary N) is 1.